The van der Waals surface area contributed by atoms with Gasteiger partial charge in [0.15, 0.2) is 0 Å². The zero-order valence-electron chi connectivity index (χ0n) is 11.9. The van der Waals surface area contributed by atoms with Gasteiger partial charge in [0, 0.05) is 24.7 Å². The Morgan fingerprint density at radius 2 is 2.14 bits per heavy atom. The van der Waals surface area contributed by atoms with Crippen molar-refractivity contribution in [2.24, 2.45) is 5.92 Å². The first-order valence-corrected chi connectivity index (χ1v) is 8.10. The van der Waals surface area contributed by atoms with E-state index >= 15 is 0 Å². The molecule has 1 aliphatic heterocycles. The average Bonchev–Trinajstić information content (AvgIpc) is 2.89. The van der Waals surface area contributed by atoms with Crippen LogP contribution in [0, 0.1) is 23.0 Å². The molecule has 0 saturated carbocycles. The second-order valence-electron chi connectivity index (χ2n) is 5.36. The molecule has 0 radical (unpaired) electrons. The van der Waals surface area contributed by atoms with Gasteiger partial charge in [-0.05, 0) is 32.3 Å². The summed E-state index contributed by atoms with van der Waals surface area (Å²) in [5.41, 5.74) is 0.213. The number of nitrogens with zero attached hydrogens (tertiary/aromatic N) is 2. The molecule has 2 unspecified atom stereocenters. The molecule has 2 atom stereocenters. The van der Waals surface area contributed by atoms with Gasteiger partial charge in [-0.3, -0.25) is 10.1 Å². The van der Waals surface area contributed by atoms with Gasteiger partial charge in [0.1, 0.15) is 0 Å². The number of rotatable bonds is 4. The molecule has 1 aromatic rings. The number of nitro groups is 1. The van der Waals surface area contributed by atoms with Gasteiger partial charge in [0.25, 0.3) is 5.69 Å². The Kier molecular flexibility index (Phi) is 4.31. The van der Waals surface area contributed by atoms with E-state index in [1.54, 1.807) is 13.8 Å². The van der Waals surface area contributed by atoms with E-state index in [1.165, 1.54) is 16.4 Å². The highest BCUT2D eigenvalue weighted by atomic mass is 32.2. The Labute approximate surface area is 123 Å². The first kappa shape index (κ1) is 15.9. The molecule has 0 aliphatic carbocycles. The minimum absolute atomic E-state index is 0.0777. The molecule has 21 heavy (non-hydrogen) atoms. The topological polar surface area (TPSA) is 101 Å². The van der Waals surface area contributed by atoms with Crippen molar-refractivity contribution in [2.45, 2.75) is 31.3 Å². The maximum atomic E-state index is 12.5. The van der Waals surface area contributed by atoms with Crippen LogP contribution in [0.4, 0.5) is 5.69 Å². The lowest BCUT2D eigenvalue weighted by Crippen LogP contribution is -2.30. The molecule has 1 fully saturated rings. The Hall–Kier alpha value is -1.51. The molecule has 2 rings (SSSR count). The highest BCUT2D eigenvalue weighted by Crippen LogP contribution is 2.29. The molecule has 0 bridgehead atoms. The van der Waals surface area contributed by atoms with Crippen molar-refractivity contribution < 1.29 is 18.4 Å². The predicted octanol–water partition coefficient (Wildman–Crippen LogP) is 1.29. The molecule has 0 spiro atoms. The minimum Gasteiger partial charge on any atom is -0.393 e. The molecule has 8 heteroatoms. The Morgan fingerprint density at radius 3 is 2.67 bits per heavy atom. The van der Waals surface area contributed by atoms with Gasteiger partial charge in [-0.25, -0.2) is 8.42 Å². The fourth-order valence-electron chi connectivity index (χ4n) is 2.46. The summed E-state index contributed by atoms with van der Waals surface area (Å²) < 4.78 is 26.3. The first-order valence-electron chi connectivity index (χ1n) is 6.66. The van der Waals surface area contributed by atoms with Crippen molar-refractivity contribution >= 4 is 15.7 Å². The average molecular weight is 314 g/mol. The monoisotopic (exact) mass is 314 g/mol. The molecule has 0 amide bonds. The van der Waals surface area contributed by atoms with Crippen LogP contribution >= 0.6 is 0 Å². The molecule has 1 aromatic carbocycles. The van der Waals surface area contributed by atoms with Crippen LogP contribution in [0.1, 0.15) is 18.9 Å². The van der Waals surface area contributed by atoms with E-state index in [1.807, 2.05) is 0 Å². The lowest BCUT2D eigenvalue weighted by atomic mass is 10.0. The number of aliphatic hydroxyl groups is 1. The smallest absolute Gasteiger partial charge is 0.273 e. The maximum absolute atomic E-state index is 12.5. The maximum Gasteiger partial charge on any atom is 0.273 e. The van der Waals surface area contributed by atoms with Gasteiger partial charge < -0.3 is 5.11 Å². The van der Waals surface area contributed by atoms with Gasteiger partial charge in [-0.1, -0.05) is 6.07 Å². The second-order valence-corrected chi connectivity index (χ2v) is 7.30. The van der Waals surface area contributed by atoms with E-state index in [4.69, 9.17) is 0 Å². The quantitative estimate of drug-likeness (QED) is 0.666. The third-order valence-corrected chi connectivity index (χ3v) is 5.75. The van der Waals surface area contributed by atoms with Crippen LogP contribution in [0.3, 0.4) is 0 Å². The highest BCUT2D eigenvalue weighted by molar-refractivity contribution is 7.89. The van der Waals surface area contributed by atoms with Gasteiger partial charge in [-0.15, -0.1) is 0 Å². The van der Waals surface area contributed by atoms with E-state index in [2.05, 4.69) is 0 Å². The van der Waals surface area contributed by atoms with Crippen molar-refractivity contribution in [1.29, 1.82) is 0 Å². The zero-order valence-corrected chi connectivity index (χ0v) is 12.7. The van der Waals surface area contributed by atoms with E-state index < -0.39 is 21.1 Å². The van der Waals surface area contributed by atoms with Crippen molar-refractivity contribution in [3.05, 3.63) is 33.9 Å². The summed E-state index contributed by atoms with van der Waals surface area (Å²) in [6, 6.07) is 3.92. The fraction of sp³-hybridized carbons (Fsp3) is 0.538. The SMILES string of the molecule is Cc1ccc(S(=O)(=O)N2CCC(C(C)O)C2)cc1[N+](=O)[O-]. The van der Waals surface area contributed by atoms with Gasteiger partial charge in [-0.2, -0.15) is 4.31 Å². The standard InChI is InChI=1S/C13H18N2O5S/c1-9-3-4-12(7-13(9)15(17)18)21(19,20)14-6-5-11(8-14)10(2)16/h3-4,7,10-11,16H,5-6,8H2,1-2H3. The van der Waals surface area contributed by atoms with Gasteiger partial charge in [0.2, 0.25) is 10.0 Å². The number of benzene rings is 1. The molecular formula is C13H18N2O5S. The molecule has 1 aliphatic rings. The molecule has 1 heterocycles. The summed E-state index contributed by atoms with van der Waals surface area (Å²) >= 11 is 0. The van der Waals surface area contributed by atoms with Crippen molar-refractivity contribution in [3.63, 3.8) is 0 Å². The highest BCUT2D eigenvalue weighted by Gasteiger charge is 2.35. The van der Waals surface area contributed by atoms with Crippen LogP contribution in [0.25, 0.3) is 0 Å². The second kappa shape index (κ2) is 5.70. The van der Waals surface area contributed by atoms with Crippen molar-refractivity contribution in [3.8, 4) is 0 Å². The molecule has 1 N–H and O–H groups in total. The molecule has 7 nitrogen and oxygen atoms in total. The molecule has 0 aromatic heterocycles. The predicted molar refractivity (Wildman–Crippen MR) is 76.4 cm³/mol. The Bertz CT molecular complexity index is 657. The summed E-state index contributed by atoms with van der Waals surface area (Å²) in [6.07, 6.45) is 0.0164. The third-order valence-electron chi connectivity index (χ3n) is 3.88. The van der Waals surface area contributed by atoms with Crippen molar-refractivity contribution in [2.75, 3.05) is 13.1 Å². The van der Waals surface area contributed by atoms with E-state index in [9.17, 15) is 23.6 Å². The molecule has 116 valence electrons. The van der Waals surface area contributed by atoms with E-state index in [-0.39, 0.29) is 23.0 Å². The summed E-state index contributed by atoms with van der Waals surface area (Å²) in [6.45, 7) is 3.76. The van der Waals surface area contributed by atoms with Crippen LogP contribution < -0.4 is 0 Å². The summed E-state index contributed by atoms with van der Waals surface area (Å²) in [5.74, 6) is -0.0970. The number of nitro benzene ring substituents is 1. The number of aliphatic hydroxyl groups excluding tert-OH is 1. The fourth-order valence-corrected chi connectivity index (χ4v) is 3.99. The van der Waals surface area contributed by atoms with Crippen molar-refractivity contribution in [1.82, 2.24) is 4.31 Å². The first-order chi connectivity index (χ1) is 9.73. The Balaban J connectivity index is 2.33. The number of sulfonamides is 1. The van der Waals surface area contributed by atoms with Crippen LogP contribution in [0.5, 0.6) is 0 Å². The number of hydrogen-bond acceptors (Lipinski definition) is 5. The van der Waals surface area contributed by atoms with Gasteiger partial charge in [0.05, 0.1) is 15.9 Å². The Morgan fingerprint density at radius 1 is 1.48 bits per heavy atom. The minimum atomic E-state index is -3.76. The van der Waals surface area contributed by atoms with E-state index in [0.717, 1.165) is 6.07 Å². The van der Waals surface area contributed by atoms with Crippen LogP contribution in [-0.4, -0.2) is 41.9 Å². The normalized spacial score (nSPS) is 21.4. The van der Waals surface area contributed by atoms with Crippen LogP contribution in [-0.2, 0) is 10.0 Å². The summed E-state index contributed by atoms with van der Waals surface area (Å²) in [5, 5.41) is 20.5. The lowest BCUT2D eigenvalue weighted by molar-refractivity contribution is -0.385. The third kappa shape index (κ3) is 3.07. The van der Waals surface area contributed by atoms with E-state index in [0.29, 0.717) is 18.5 Å². The lowest BCUT2D eigenvalue weighted by Gasteiger charge is -2.17. The van der Waals surface area contributed by atoms with Crippen LogP contribution in [0.2, 0.25) is 0 Å². The zero-order chi connectivity index (χ0) is 15.8. The number of aryl methyl sites for hydroxylation is 1. The number of hydrogen-bond donors (Lipinski definition) is 1. The summed E-state index contributed by atoms with van der Waals surface area (Å²) in [7, 11) is -3.76. The van der Waals surface area contributed by atoms with Gasteiger partial charge >= 0.3 is 0 Å². The molecule has 1 saturated heterocycles. The summed E-state index contributed by atoms with van der Waals surface area (Å²) in [4.78, 5) is 10.3. The van der Waals surface area contributed by atoms with Crippen LogP contribution in [0.15, 0.2) is 23.1 Å². The largest absolute Gasteiger partial charge is 0.393 e. The molecular weight excluding hydrogens is 296 g/mol.